The topological polar surface area (TPSA) is 36.4 Å². The van der Waals surface area contributed by atoms with Crippen LogP contribution in [-0.2, 0) is 13.0 Å². The Labute approximate surface area is 119 Å². The van der Waals surface area contributed by atoms with Gasteiger partial charge < -0.3 is 5.11 Å². The Hall–Kier alpha value is -1.71. The van der Waals surface area contributed by atoms with Crippen molar-refractivity contribution in [2.24, 2.45) is 0 Å². The molecule has 1 heterocycles. The van der Waals surface area contributed by atoms with Gasteiger partial charge in [0.1, 0.15) is 0 Å². The van der Waals surface area contributed by atoms with Crippen molar-refractivity contribution < 1.29 is 5.11 Å². The van der Waals surface area contributed by atoms with Crippen molar-refractivity contribution in [2.75, 3.05) is 13.2 Å². The second kappa shape index (κ2) is 6.16. The van der Waals surface area contributed by atoms with Crippen LogP contribution in [-0.4, -0.2) is 28.1 Å². The Balaban J connectivity index is 1.81. The van der Waals surface area contributed by atoms with Crippen LogP contribution in [0.4, 0.5) is 0 Å². The van der Waals surface area contributed by atoms with Gasteiger partial charge in [0, 0.05) is 31.5 Å². The van der Waals surface area contributed by atoms with Crippen molar-refractivity contribution in [2.45, 2.75) is 25.4 Å². The fourth-order valence-electron chi connectivity index (χ4n) is 3.11. The minimum Gasteiger partial charge on any atom is -0.395 e. The number of rotatable bonds is 5. The zero-order valence-electron chi connectivity index (χ0n) is 11.6. The van der Waals surface area contributed by atoms with Crippen LogP contribution in [0.15, 0.2) is 48.8 Å². The lowest BCUT2D eigenvalue weighted by molar-refractivity contribution is 0.143. The van der Waals surface area contributed by atoms with E-state index >= 15 is 0 Å². The van der Waals surface area contributed by atoms with Gasteiger partial charge in [0.25, 0.3) is 0 Å². The molecule has 1 N–H and O–H groups in total. The highest BCUT2D eigenvalue weighted by Crippen LogP contribution is 2.36. The molecule has 2 aromatic rings. The summed E-state index contributed by atoms with van der Waals surface area (Å²) < 4.78 is 0. The minimum absolute atomic E-state index is 0.198. The number of nitrogens with zero attached hydrogens (tertiary/aromatic N) is 2. The molecule has 3 nitrogen and oxygen atoms in total. The highest BCUT2D eigenvalue weighted by Gasteiger charge is 2.27. The van der Waals surface area contributed by atoms with E-state index in [4.69, 9.17) is 0 Å². The lowest BCUT2D eigenvalue weighted by Crippen LogP contribution is -2.30. The Morgan fingerprint density at radius 2 is 1.95 bits per heavy atom. The van der Waals surface area contributed by atoms with E-state index in [9.17, 15) is 5.11 Å². The molecule has 0 spiro atoms. The third-order valence-electron chi connectivity index (χ3n) is 4.06. The number of benzene rings is 1. The molecule has 0 unspecified atom stereocenters. The first-order valence-corrected chi connectivity index (χ1v) is 7.20. The third kappa shape index (κ3) is 2.74. The van der Waals surface area contributed by atoms with Gasteiger partial charge in [-0.1, -0.05) is 24.3 Å². The molecular formula is C17H20N2O. The Kier molecular flexibility index (Phi) is 4.09. The lowest BCUT2D eigenvalue weighted by Gasteiger charge is -2.29. The summed E-state index contributed by atoms with van der Waals surface area (Å²) in [6, 6.07) is 13.2. The second-order valence-corrected chi connectivity index (χ2v) is 5.30. The van der Waals surface area contributed by atoms with Gasteiger partial charge in [0.05, 0.1) is 6.61 Å². The van der Waals surface area contributed by atoms with E-state index in [0.29, 0.717) is 12.6 Å². The molecular weight excluding hydrogens is 248 g/mol. The summed E-state index contributed by atoms with van der Waals surface area (Å²) in [6.07, 6.45) is 5.94. The van der Waals surface area contributed by atoms with Gasteiger partial charge >= 0.3 is 0 Å². The van der Waals surface area contributed by atoms with Crippen LogP contribution < -0.4 is 0 Å². The molecule has 0 bridgehead atoms. The number of fused-ring (bicyclic) bond motifs is 1. The van der Waals surface area contributed by atoms with E-state index in [-0.39, 0.29) is 6.61 Å². The maximum atomic E-state index is 9.37. The third-order valence-corrected chi connectivity index (χ3v) is 4.06. The molecule has 1 aromatic carbocycles. The van der Waals surface area contributed by atoms with Gasteiger partial charge in [0.15, 0.2) is 0 Å². The van der Waals surface area contributed by atoms with Crippen molar-refractivity contribution in [3.05, 3.63) is 65.5 Å². The number of aromatic nitrogens is 1. The summed E-state index contributed by atoms with van der Waals surface area (Å²) in [7, 11) is 0. The summed E-state index contributed by atoms with van der Waals surface area (Å²) in [4.78, 5) is 6.44. The van der Waals surface area contributed by atoms with Crippen molar-refractivity contribution in [1.29, 1.82) is 0 Å². The highest BCUT2D eigenvalue weighted by atomic mass is 16.3. The quantitative estimate of drug-likeness (QED) is 0.905. The summed E-state index contributed by atoms with van der Waals surface area (Å²) in [6.45, 7) is 1.77. The van der Waals surface area contributed by atoms with Crippen LogP contribution in [0.1, 0.15) is 29.2 Å². The summed E-state index contributed by atoms with van der Waals surface area (Å²) in [5, 5.41) is 9.37. The van der Waals surface area contributed by atoms with Crippen molar-refractivity contribution >= 4 is 0 Å². The molecule has 0 amide bonds. The molecule has 0 aliphatic heterocycles. The number of aliphatic hydroxyl groups is 1. The van der Waals surface area contributed by atoms with Crippen molar-refractivity contribution in [3.8, 4) is 0 Å². The van der Waals surface area contributed by atoms with Crippen LogP contribution in [0.25, 0.3) is 0 Å². The largest absolute Gasteiger partial charge is 0.395 e. The molecule has 3 heteroatoms. The normalized spacial score (nSPS) is 17.4. The summed E-state index contributed by atoms with van der Waals surface area (Å²) >= 11 is 0. The predicted molar refractivity (Wildman–Crippen MR) is 79.2 cm³/mol. The first kappa shape index (κ1) is 13.3. The zero-order valence-corrected chi connectivity index (χ0v) is 11.6. The van der Waals surface area contributed by atoms with Crippen LogP contribution in [0.2, 0.25) is 0 Å². The lowest BCUT2D eigenvalue weighted by atomic mass is 10.1. The van der Waals surface area contributed by atoms with Crippen LogP contribution in [0.5, 0.6) is 0 Å². The second-order valence-electron chi connectivity index (χ2n) is 5.30. The minimum atomic E-state index is 0.198. The fourth-order valence-corrected chi connectivity index (χ4v) is 3.11. The molecule has 0 fully saturated rings. The van der Waals surface area contributed by atoms with Gasteiger partial charge in [-0.15, -0.1) is 0 Å². The smallest absolute Gasteiger partial charge is 0.0558 e. The summed E-state index contributed by atoms with van der Waals surface area (Å²) in [5.41, 5.74) is 4.13. The van der Waals surface area contributed by atoms with E-state index in [1.165, 1.54) is 16.7 Å². The van der Waals surface area contributed by atoms with Gasteiger partial charge in [-0.2, -0.15) is 0 Å². The number of hydrogen-bond donors (Lipinski definition) is 1. The van der Waals surface area contributed by atoms with E-state index in [1.807, 2.05) is 24.5 Å². The first-order chi connectivity index (χ1) is 9.88. The van der Waals surface area contributed by atoms with Gasteiger partial charge in [0.2, 0.25) is 0 Å². The van der Waals surface area contributed by atoms with Gasteiger partial charge in [-0.05, 0) is 41.7 Å². The molecule has 1 aliphatic carbocycles. The predicted octanol–water partition coefficient (Wildman–Crippen LogP) is 2.56. The highest BCUT2D eigenvalue weighted by molar-refractivity contribution is 5.34. The fraction of sp³-hybridized carbons (Fsp3) is 0.353. The van der Waals surface area contributed by atoms with Crippen LogP contribution in [0, 0.1) is 0 Å². The Bertz CT molecular complexity index is 556. The summed E-state index contributed by atoms with van der Waals surface area (Å²) in [5.74, 6) is 0. The van der Waals surface area contributed by atoms with E-state index in [1.54, 1.807) is 0 Å². The van der Waals surface area contributed by atoms with Crippen LogP contribution in [0.3, 0.4) is 0 Å². The molecule has 20 heavy (non-hydrogen) atoms. The molecule has 1 aromatic heterocycles. The van der Waals surface area contributed by atoms with Gasteiger partial charge in [-0.3, -0.25) is 9.88 Å². The van der Waals surface area contributed by atoms with Crippen molar-refractivity contribution in [1.82, 2.24) is 9.88 Å². The molecule has 1 atom stereocenters. The number of hydrogen-bond acceptors (Lipinski definition) is 3. The van der Waals surface area contributed by atoms with E-state index in [0.717, 1.165) is 19.4 Å². The average Bonchev–Trinajstić information content (AvgIpc) is 2.92. The molecule has 0 saturated heterocycles. The maximum absolute atomic E-state index is 9.37. The maximum Gasteiger partial charge on any atom is 0.0558 e. The van der Waals surface area contributed by atoms with E-state index < -0.39 is 0 Å². The Morgan fingerprint density at radius 1 is 1.15 bits per heavy atom. The monoisotopic (exact) mass is 268 g/mol. The molecule has 0 saturated carbocycles. The van der Waals surface area contributed by atoms with Crippen molar-refractivity contribution in [3.63, 3.8) is 0 Å². The first-order valence-electron chi connectivity index (χ1n) is 7.20. The number of aliphatic hydroxyl groups excluding tert-OH is 1. The standard InChI is InChI=1S/C17H20N2O/c20-12-11-19(13-14-7-9-18-10-8-14)17-6-5-15-3-1-2-4-16(15)17/h1-4,7-10,17,20H,5-6,11-13H2/t17-/m0/s1. The van der Waals surface area contributed by atoms with E-state index in [2.05, 4.69) is 34.1 Å². The van der Waals surface area contributed by atoms with Gasteiger partial charge in [-0.25, -0.2) is 0 Å². The Morgan fingerprint density at radius 3 is 2.75 bits per heavy atom. The molecule has 104 valence electrons. The molecule has 1 aliphatic rings. The molecule has 0 radical (unpaired) electrons. The number of aryl methyl sites for hydroxylation is 1. The number of pyridine rings is 1. The zero-order chi connectivity index (χ0) is 13.8. The SMILES string of the molecule is OCCN(Cc1ccncc1)[C@H]1CCc2ccccc21. The van der Waals surface area contributed by atoms with Crippen LogP contribution >= 0.6 is 0 Å². The average molecular weight is 268 g/mol. The molecule has 3 rings (SSSR count).